The van der Waals surface area contributed by atoms with E-state index in [4.69, 9.17) is 4.74 Å². The zero-order valence-corrected chi connectivity index (χ0v) is 9.36. The van der Waals surface area contributed by atoms with E-state index in [2.05, 4.69) is 22.1 Å². The number of anilines is 1. The summed E-state index contributed by atoms with van der Waals surface area (Å²) in [7, 11) is 0. The van der Waals surface area contributed by atoms with Crippen LogP contribution in [0.5, 0.6) is 0 Å². The first kappa shape index (κ1) is 11.1. The molecule has 1 aromatic heterocycles. The van der Waals surface area contributed by atoms with Crippen molar-refractivity contribution in [3.63, 3.8) is 0 Å². The van der Waals surface area contributed by atoms with Gasteiger partial charge in [0.25, 0.3) is 0 Å². The van der Waals surface area contributed by atoms with Crippen LogP contribution in [0.1, 0.15) is 11.9 Å². The maximum absolute atomic E-state index is 5.32. The molecule has 0 spiro atoms. The Morgan fingerprint density at radius 3 is 2.93 bits per heavy atom. The number of hydrogen-bond acceptors (Lipinski definition) is 5. The molecule has 0 saturated carbocycles. The van der Waals surface area contributed by atoms with Crippen LogP contribution in [0.3, 0.4) is 0 Å². The number of rotatable bonds is 6. The molecule has 0 atom stereocenters. The Hall–Kier alpha value is -0.940. The van der Waals surface area contributed by atoms with Gasteiger partial charge in [-0.25, -0.2) is 0 Å². The van der Waals surface area contributed by atoms with Crippen molar-refractivity contribution in [3.8, 4) is 0 Å². The first-order valence-corrected chi connectivity index (χ1v) is 5.26. The number of aromatic nitrogens is 2. The largest absolute Gasteiger partial charge is 0.375 e. The third kappa shape index (κ3) is 4.34. The summed E-state index contributed by atoms with van der Waals surface area (Å²) in [5.74, 6) is 0. The average molecular weight is 213 g/mol. The minimum atomic E-state index is 0.622. The molecule has 0 aliphatic rings. The molecular weight excluding hydrogens is 198 g/mol. The lowest BCUT2D eigenvalue weighted by atomic mass is 10.4. The van der Waals surface area contributed by atoms with Crippen molar-refractivity contribution in [3.05, 3.63) is 17.2 Å². The van der Waals surface area contributed by atoms with Crippen molar-refractivity contribution >= 4 is 16.5 Å². The van der Waals surface area contributed by atoms with Gasteiger partial charge in [0.05, 0.1) is 13.2 Å². The molecule has 14 heavy (non-hydrogen) atoms. The van der Waals surface area contributed by atoms with Gasteiger partial charge in [-0.05, 0) is 13.8 Å². The molecule has 0 radical (unpaired) electrons. The summed E-state index contributed by atoms with van der Waals surface area (Å²) in [5, 5.41) is 12.8. The van der Waals surface area contributed by atoms with Crippen molar-refractivity contribution in [2.24, 2.45) is 0 Å². The Labute approximate surface area is 88.0 Å². The molecule has 0 fully saturated rings. The first-order valence-electron chi connectivity index (χ1n) is 4.44. The van der Waals surface area contributed by atoms with Crippen LogP contribution in [0.4, 0.5) is 5.13 Å². The minimum absolute atomic E-state index is 0.622. The Morgan fingerprint density at radius 1 is 1.57 bits per heavy atom. The zero-order valence-electron chi connectivity index (χ0n) is 8.54. The van der Waals surface area contributed by atoms with Crippen LogP contribution >= 0.6 is 11.3 Å². The van der Waals surface area contributed by atoms with E-state index in [0.717, 1.165) is 22.3 Å². The smallest absolute Gasteiger partial charge is 0.205 e. The lowest BCUT2D eigenvalue weighted by Gasteiger charge is -2.03. The van der Waals surface area contributed by atoms with E-state index in [0.29, 0.717) is 13.2 Å². The van der Waals surface area contributed by atoms with Gasteiger partial charge < -0.3 is 10.1 Å². The van der Waals surface area contributed by atoms with Gasteiger partial charge in [0.1, 0.15) is 5.01 Å². The van der Waals surface area contributed by atoms with E-state index in [-0.39, 0.29) is 0 Å². The van der Waals surface area contributed by atoms with Gasteiger partial charge in [0, 0.05) is 6.54 Å². The van der Waals surface area contributed by atoms with Gasteiger partial charge in [0.15, 0.2) is 0 Å². The molecule has 0 aromatic carbocycles. The molecule has 1 aromatic rings. The maximum Gasteiger partial charge on any atom is 0.205 e. The van der Waals surface area contributed by atoms with Gasteiger partial charge in [-0.3, -0.25) is 0 Å². The van der Waals surface area contributed by atoms with Crippen molar-refractivity contribution in [1.29, 1.82) is 0 Å². The van der Waals surface area contributed by atoms with Crippen LogP contribution < -0.4 is 5.32 Å². The molecule has 5 heteroatoms. The highest BCUT2D eigenvalue weighted by atomic mass is 32.1. The van der Waals surface area contributed by atoms with Crippen LogP contribution in [0, 0.1) is 6.92 Å². The molecule has 4 nitrogen and oxygen atoms in total. The van der Waals surface area contributed by atoms with Crippen molar-refractivity contribution in [2.75, 3.05) is 25.1 Å². The maximum atomic E-state index is 5.32. The van der Waals surface area contributed by atoms with Gasteiger partial charge in [-0.2, -0.15) is 0 Å². The summed E-state index contributed by atoms with van der Waals surface area (Å²) in [6.45, 7) is 9.66. The van der Waals surface area contributed by atoms with E-state index < -0.39 is 0 Å². The Bertz CT molecular complexity index is 298. The van der Waals surface area contributed by atoms with Crippen LogP contribution in [-0.4, -0.2) is 30.0 Å². The highest BCUT2D eigenvalue weighted by Crippen LogP contribution is 2.12. The minimum Gasteiger partial charge on any atom is -0.375 e. The second-order valence-electron chi connectivity index (χ2n) is 3.06. The van der Waals surface area contributed by atoms with Crippen LogP contribution in [0.25, 0.3) is 0 Å². The topological polar surface area (TPSA) is 47.0 Å². The molecule has 0 bridgehead atoms. The number of nitrogens with one attached hydrogen (secondary N) is 1. The lowest BCUT2D eigenvalue weighted by molar-refractivity contribution is 0.167. The second kappa shape index (κ2) is 5.72. The Morgan fingerprint density at radius 2 is 2.36 bits per heavy atom. The van der Waals surface area contributed by atoms with Crippen LogP contribution in [0.2, 0.25) is 0 Å². The van der Waals surface area contributed by atoms with E-state index >= 15 is 0 Å². The molecule has 0 unspecified atom stereocenters. The highest BCUT2D eigenvalue weighted by Gasteiger charge is 1.97. The fraction of sp³-hybridized carbons (Fsp3) is 0.556. The first-order chi connectivity index (χ1) is 6.68. The zero-order chi connectivity index (χ0) is 10.4. The third-order valence-corrected chi connectivity index (χ3v) is 2.19. The number of hydrogen-bond donors (Lipinski definition) is 1. The SMILES string of the molecule is C=C(C)COCCNc1nnc(C)s1. The lowest BCUT2D eigenvalue weighted by Crippen LogP contribution is -2.10. The summed E-state index contributed by atoms with van der Waals surface area (Å²) in [6, 6.07) is 0. The van der Waals surface area contributed by atoms with Crippen molar-refractivity contribution in [1.82, 2.24) is 10.2 Å². The van der Waals surface area contributed by atoms with E-state index in [1.165, 1.54) is 0 Å². The van der Waals surface area contributed by atoms with Gasteiger partial charge >= 0.3 is 0 Å². The highest BCUT2D eigenvalue weighted by molar-refractivity contribution is 7.15. The molecule has 1 rings (SSSR count). The second-order valence-corrected chi connectivity index (χ2v) is 4.24. The average Bonchev–Trinajstić information content (AvgIpc) is 2.50. The predicted octanol–water partition coefficient (Wildman–Crippen LogP) is 1.85. The summed E-state index contributed by atoms with van der Waals surface area (Å²) in [4.78, 5) is 0. The number of aryl methyl sites for hydroxylation is 1. The number of ether oxygens (including phenoxy) is 1. The quantitative estimate of drug-likeness (QED) is 0.578. The molecule has 1 N–H and O–H groups in total. The molecular formula is C9H15N3OS. The summed E-state index contributed by atoms with van der Waals surface area (Å²) >= 11 is 1.55. The fourth-order valence-corrected chi connectivity index (χ4v) is 1.46. The van der Waals surface area contributed by atoms with E-state index in [9.17, 15) is 0 Å². The molecule has 0 aliphatic carbocycles. The Kier molecular flexibility index (Phi) is 4.55. The van der Waals surface area contributed by atoms with Crippen molar-refractivity contribution in [2.45, 2.75) is 13.8 Å². The summed E-state index contributed by atoms with van der Waals surface area (Å²) < 4.78 is 5.32. The fourth-order valence-electron chi connectivity index (χ4n) is 0.845. The van der Waals surface area contributed by atoms with Gasteiger partial charge in [0.2, 0.25) is 5.13 Å². The molecule has 0 saturated heterocycles. The van der Waals surface area contributed by atoms with Crippen LogP contribution in [0.15, 0.2) is 12.2 Å². The normalized spacial score (nSPS) is 10.1. The predicted molar refractivity (Wildman–Crippen MR) is 58.8 cm³/mol. The summed E-state index contributed by atoms with van der Waals surface area (Å²) in [5.41, 5.74) is 1.04. The number of nitrogens with zero attached hydrogens (tertiary/aromatic N) is 2. The third-order valence-electron chi connectivity index (χ3n) is 1.40. The summed E-state index contributed by atoms with van der Waals surface area (Å²) in [6.07, 6.45) is 0. The van der Waals surface area contributed by atoms with E-state index in [1.807, 2.05) is 13.8 Å². The van der Waals surface area contributed by atoms with Gasteiger partial charge in [-0.1, -0.05) is 23.5 Å². The standard InChI is InChI=1S/C9H15N3OS/c1-7(2)6-13-5-4-10-9-12-11-8(3)14-9/h1,4-6H2,2-3H3,(H,10,12). The van der Waals surface area contributed by atoms with Crippen molar-refractivity contribution < 1.29 is 4.74 Å². The van der Waals surface area contributed by atoms with E-state index in [1.54, 1.807) is 11.3 Å². The van der Waals surface area contributed by atoms with Gasteiger partial charge in [-0.15, -0.1) is 10.2 Å². The monoisotopic (exact) mass is 213 g/mol. The molecule has 0 aliphatic heterocycles. The van der Waals surface area contributed by atoms with Crippen LogP contribution in [-0.2, 0) is 4.74 Å². The molecule has 0 amide bonds. The molecule has 78 valence electrons. The molecule has 1 heterocycles. The Balaban J connectivity index is 2.07.